The first-order chi connectivity index (χ1) is 10.0. The van der Waals surface area contributed by atoms with Crippen LogP contribution in [0.3, 0.4) is 0 Å². The number of carboxylic acid groups (broad SMARTS) is 1. The highest BCUT2D eigenvalue weighted by Crippen LogP contribution is 2.18. The van der Waals surface area contributed by atoms with E-state index in [1.165, 1.54) is 0 Å². The fourth-order valence-corrected chi connectivity index (χ4v) is 2.03. The maximum atomic E-state index is 12.4. The molecule has 0 heterocycles. The van der Waals surface area contributed by atoms with Crippen LogP contribution in [0.4, 0.5) is 0 Å². The fraction of sp³-hybridized carbons (Fsp3) is 0.500. The molecular weight excluding hydrogens is 270 g/mol. The molecule has 0 radical (unpaired) electrons. The van der Waals surface area contributed by atoms with Crippen molar-refractivity contribution in [2.75, 3.05) is 6.61 Å². The molecule has 0 aliphatic rings. The summed E-state index contributed by atoms with van der Waals surface area (Å²) in [4.78, 5) is 23.7. The van der Waals surface area contributed by atoms with Gasteiger partial charge in [0.1, 0.15) is 6.04 Å². The highest BCUT2D eigenvalue weighted by molar-refractivity contribution is 5.87. The Morgan fingerprint density at radius 2 is 1.86 bits per heavy atom. The third-order valence-electron chi connectivity index (χ3n) is 3.45. The molecule has 0 saturated heterocycles. The van der Waals surface area contributed by atoms with E-state index in [0.717, 1.165) is 0 Å². The number of ether oxygens (including phenoxy) is 1. The summed E-state index contributed by atoms with van der Waals surface area (Å²) in [5.41, 5.74) is 0.713. The van der Waals surface area contributed by atoms with Crippen LogP contribution in [-0.4, -0.2) is 29.6 Å². The van der Waals surface area contributed by atoms with Crippen LogP contribution in [0.15, 0.2) is 30.3 Å². The lowest BCUT2D eigenvalue weighted by atomic mass is 9.98. The van der Waals surface area contributed by atoms with Gasteiger partial charge in [-0.15, -0.1) is 0 Å². The zero-order chi connectivity index (χ0) is 15.8. The monoisotopic (exact) mass is 293 g/mol. The van der Waals surface area contributed by atoms with Gasteiger partial charge in [-0.3, -0.25) is 4.79 Å². The molecule has 2 N–H and O–H groups in total. The number of hydrogen-bond donors (Lipinski definition) is 2. The van der Waals surface area contributed by atoms with Crippen molar-refractivity contribution in [3.8, 4) is 0 Å². The lowest BCUT2D eigenvalue weighted by molar-refractivity contribution is -0.146. The van der Waals surface area contributed by atoms with Gasteiger partial charge in [0.25, 0.3) is 5.91 Å². The minimum atomic E-state index is -1.03. The van der Waals surface area contributed by atoms with Crippen LogP contribution >= 0.6 is 0 Å². The van der Waals surface area contributed by atoms with E-state index in [9.17, 15) is 14.7 Å². The molecule has 1 aromatic carbocycles. The van der Waals surface area contributed by atoms with Gasteiger partial charge in [-0.05, 0) is 18.4 Å². The average Bonchev–Trinajstić information content (AvgIpc) is 2.49. The van der Waals surface area contributed by atoms with Crippen molar-refractivity contribution in [3.63, 3.8) is 0 Å². The van der Waals surface area contributed by atoms with Crippen LogP contribution < -0.4 is 5.32 Å². The predicted octanol–water partition coefficient (Wildman–Crippen LogP) is 2.38. The van der Waals surface area contributed by atoms with Gasteiger partial charge in [0.15, 0.2) is 6.10 Å². The molecule has 0 spiro atoms. The summed E-state index contributed by atoms with van der Waals surface area (Å²) in [6.07, 6.45) is -0.121. The first-order valence-corrected chi connectivity index (χ1v) is 7.20. The van der Waals surface area contributed by atoms with Crippen LogP contribution in [0.5, 0.6) is 0 Å². The standard InChI is InChI=1S/C16H23NO4/c1-4-11(3)13(16(19)20)17-15(18)14(21-5-2)12-9-7-6-8-10-12/h6-11,13-14H,4-5H2,1-3H3,(H,17,18)(H,19,20)/t11-,13-,14?/m0/s1. The molecule has 1 aromatic rings. The van der Waals surface area contributed by atoms with Crippen LogP contribution in [0.2, 0.25) is 0 Å². The smallest absolute Gasteiger partial charge is 0.326 e. The summed E-state index contributed by atoms with van der Waals surface area (Å²) in [6.45, 7) is 5.86. The molecule has 5 heteroatoms. The summed E-state index contributed by atoms with van der Waals surface area (Å²) in [5, 5.41) is 11.8. The molecular formula is C16H23NO4. The summed E-state index contributed by atoms with van der Waals surface area (Å²) in [7, 11) is 0. The first kappa shape index (κ1) is 17.2. The van der Waals surface area contributed by atoms with E-state index in [1.54, 1.807) is 26.0 Å². The van der Waals surface area contributed by atoms with Crippen LogP contribution in [0.25, 0.3) is 0 Å². The molecule has 116 valence electrons. The molecule has 1 amide bonds. The number of carbonyl (C=O) groups excluding carboxylic acids is 1. The normalized spacial score (nSPS) is 15.0. The van der Waals surface area contributed by atoms with Gasteiger partial charge in [0.2, 0.25) is 0 Å². The molecule has 1 rings (SSSR count). The van der Waals surface area contributed by atoms with Crippen LogP contribution in [0.1, 0.15) is 38.9 Å². The van der Waals surface area contributed by atoms with Gasteiger partial charge < -0.3 is 15.2 Å². The highest BCUT2D eigenvalue weighted by Gasteiger charge is 2.29. The van der Waals surface area contributed by atoms with E-state index in [4.69, 9.17) is 4.74 Å². The second-order valence-corrected chi connectivity index (χ2v) is 4.96. The molecule has 1 unspecified atom stereocenters. The lowest BCUT2D eigenvalue weighted by Gasteiger charge is -2.23. The van der Waals surface area contributed by atoms with E-state index in [1.807, 2.05) is 25.1 Å². The highest BCUT2D eigenvalue weighted by atomic mass is 16.5. The van der Waals surface area contributed by atoms with Crippen molar-refractivity contribution in [2.24, 2.45) is 5.92 Å². The summed E-state index contributed by atoms with van der Waals surface area (Å²) < 4.78 is 5.48. The van der Waals surface area contributed by atoms with E-state index in [-0.39, 0.29) is 5.92 Å². The Morgan fingerprint density at radius 3 is 2.33 bits per heavy atom. The van der Waals surface area contributed by atoms with Gasteiger partial charge in [-0.25, -0.2) is 4.79 Å². The molecule has 0 saturated carbocycles. The molecule has 5 nitrogen and oxygen atoms in total. The molecule has 21 heavy (non-hydrogen) atoms. The molecule has 0 aliphatic heterocycles. The minimum Gasteiger partial charge on any atom is -0.480 e. The number of rotatable bonds is 8. The molecule has 0 aliphatic carbocycles. The molecule has 3 atom stereocenters. The topological polar surface area (TPSA) is 75.6 Å². The van der Waals surface area contributed by atoms with Gasteiger partial charge in [0.05, 0.1) is 0 Å². The molecule has 0 bridgehead atoms. The van der Waals surface area contributed by atoms with Crippen molar-refractivity contribution < 1.29 is 19.4 Å². The Hall–Kier alpha value is -1.88. The number of carboxylic acids is 1. The van der Waals surface area contributed by atoms with E-state index in [0.29, 0.717) is 18.6 Å². The maximum Gasteiger partial charge on any atom is 0.326 e. The van der Waals surface area contributed by atoms with Crippen LogP contribution in [0, 0.1) is 5.92 Å². The second-order valence-electron chi connectivity index (χ2n) is 4.96. The number of hydrogen-bond acceptors (Lipinski definition) is 3. The number of benzene rings is 1. The third-order valence-corrected chi connectivity index (χ3v) is 3.45. The van der Waals surface area contributed by atoms with Gasteiger partial charge >= 0.3 is 5.97 Å². The largest absolute Gasteiger partial charge is 0.480 e. The fourth-order valence-electron chi connectivity index (χ4n) is 2.03. The summed E-state index contributed by atoms with van der Waals surface area (Å²) >= 11 is 0. The number of carbonyl (C=O) groups is 2. The van der Waals surface area contributed by atoms with E-state index >= 15 is 0 Å². The van der Waals surface area contributed by atoms with Gasteiger partial charge in [0, 0.05) is 6.61 Å². The van der Waals surface area contributed by atoms with Gasteiger partial charge in [-0.2, -0.15) is 0 Å². The summed E-state index contributed by atoms with van der Waals surface area (Å²) in [5.74, 6) is -1.60. The zero-order valence-corrected chi connectivity index (χ0v) is 12.7. The Bertz CT molecular complexity index is 461. The number of aliphatic carboxylic acids is 1. The predicted molar refractivity (Wildman–Crippen MR) is 79.8 cm³/mol. The van der Waals surface area contributed by atoms with Crippen molar-refractivity contribution in [1.82, 2.24) is 5.32 Å². The summed E-state index contributed by atoms with van der Waals surface area (Å²) in [6, 6.07) is 8.16. The van der Waals surface area contributed by atoms with Crippen molar-refractivity contribution in [2.45, 2.75) is 39.3 Å². The lowest BCUT2D eigenvalue weighted by Crippen LogP contribution is -2.47. The Labute approximate surface area is 125 Å². The first-order valence-electron chi connectivity index (χ1n) is 7.20. The van der Waals surface area contributed by atoms with Gasteiger partial charge in [-0.1, -0.05) is 50.6 Å². The van der Waals surface area contributed by atoms with Crippen molar-refractivity contribution in [1.29, 1.82) is 0 Å². The SMILES string of the molecule is CCOC(C(=O)N[C@H](C(=O)O)[C@@H](C)CC)c1ccccc1. The Balaban J connectivity index is 2.88. The van der Waals surface area contributed by atoms with Crippen molar-refractivity contribution in [3.05, 3.63) is 35.9 Å². The Kier molecular flexibility index (Phi) is 6.88. The third kappa shape index (κ3) is 4.86. The van der Waals surface area contributed by atoms with Crippen LogP contribution in [-0.2, 0) is 14.3 Å². The number of amides is 1. The zero-order valence-electron chi connectivity index (χ0n) is 12.7. The number of nitrogens with one attached hydrogen (secondary N) is 1. The molecule has 0 aromatic heterocycles. The second kappa shape index (κ2) is 8.42. The molecule has 0 fully saturated rings. The Morgan fingerprint density at radius 1 is 1.24 bits per heavy atom. The van der Waals surface area contributed by atoms with Crippen molar-refractivity contribution >= 4 is 11.9 Å². The van der Waals surface area contributed by atoms with E-state index in [2.05, 4.69) is 5.32 Å². The quantitative estimate of drug-likeness (QED) is 0.771. The van der Waals surface area contributed by atoms with E-state index < -0.39 is 24.0 Å². The average molecular weight is 293 g/mol. The maximum absolute atomic E-state index is 12.4. The minimum absolute atomic E-state index is 0.149.